The molecule has 1 heterocycles. The summed E-state index contributed by atoms with van der Waals surface area (Å²) in [4.78, 5) is 25.6. The molecule has 2 rings (SSSR count). The van der Waals surface area contributed by atoms with Crippen molar-refractivity contribution in [2.24, 2.45) is 5.92 Å². The Hall–Kier alpha value is -1.91. The number of benzene rings is 1. The molecule has 4 nitrogen and oxygen atoms in total. The zero-order chi connectivity index (χ0) is 14.9. The lowest BCUT2D eigenvalue weighted by Crippen LogP contribution is -2.33. The minimum Gasteiger partial charge on any atom is -0.339 e. The fourth-order valence-electron chi connectivity index (χ4n) is 2.32. The Morgan fingerprint density at radius 3 is 2.70 bits per heavy atom. The SMILES string of the molecule is Cc1ccc(NC(=O)C2CC(=O)N(C(C)C)C2)cc1F. The number of anilines is 1. The summed E-state index contributed by atoms with van der Waals surface area (Å²) in [5.74, 6) is -0.955. The third-order valence-electron chi connectivity index (χ3n) is 3.59. The molecule has 0 saturated carbocycles. The molecule has 1 unspecified atom stereocenters. The summed E-state index contributed by atoms with van der Waals surface area (Å²) < 4.78 is 13.4. The Balaban J connectivity index is 2.02. The first kappa shape index (κ1) is 14.5. The van der Waals surface area contributed by atoms with Crippen LogP contribution in [0.2, 0.25) is 0 Å². The van der Waals surface area contributed by atoms with E-state index in [1.807, 2.05) is 13.8 Å². The number of hydrogen-bond acceptors (Lipinski definition) is 2. The Bertz CT molecular complexity index is 543. The number of halogens is 1. The number of rotatable bonds is 3. The quantitative estimate of drug-likeness (QED) is 0.922. The maximum Gasteiger partial charge on any atom is 0.229 e. The van der Waals surface area contributed by atoms with Gasteiger partial charge in [0.05, 0.1) is 5.92 Å². The van der Waals surface area contributed by atoms with Gasteiger partial charge in [0.15, 0.2) is 0 Å². The van der Waals surface area contributed by atoms with E-state index >= 15 is 0 Å². The molecule has 2 amide bonds. The van der Waals surface area contributed by atoms with Gasteiger partial charge in [0.2, 0.25) is 11.8 Å². The van der Waals surface area contributed by atoms with E-state index < -0.39 is 0 Å². The Morgan fingerprint density at radius 1 is 1.45 bits per heavy atom. The summed E-state index contributed by atoms with van der Waals surface area (Å²) in [5, 5.41) is 2.67. The van der Waals surface area contributed by atoms with Gasteiger partial charge in [-0.05, 0) is 38.5 Å². The summed E-state index contributed by atoms with van der Waals surface area (Å²) >= 11 is 0. The van der Waals surface area contributed by atoms with Crippen LogP contribution in [0.1, 0.15) is 25.8 Å². The van der Waals surface area contributed by atoms with Crippen molar-refractivity contribution in [3.63, 3.8) is 0 Å². The van der Waals surface area contributed by atoms with Crippen molar-refractivity contribution in [1.29, 1.82) is 0 Å². The Morgan fingerprint density at radius 2 is 2.15 bits per heavy atom. The molecule has 0 spiro atoms. The van der Waals surface area contributed by atoms with Crippen LogP contribution in [0, 0.1) is 18.7 Å². The normalized spacial score (nSPS) is 18.8. The van der Waals surface area contributed by atoms with E-state index in [4.69, 9.17) is 0 Å². The van der Waals surface area contributed by atoms with Gasteiger partial charge in [-0.25, -0.2) is 4.39 Å². The summed E-state index contributed by atoms with van der Waals surface area (Å²) in [7, 11) is 0. The largest absolute Gasteiger partial charge is 0.339 e. The topological polar surface area (TPSA) is 49.4 Å². The van der Waals surface area contributed by atoms with E-state index in [0.29, 0.717) is 17.8 Å². The van der Waals surface area contributed by atoms with Gasteiger partial charge in [0, 0.05) is 24.7 Å². The monoisotopic (exact) mass is 278 g/mol. The van der Waals surface area contributed by atoms with Crippen LogP contribution in [0.15, 0.2) is 18.2 Å². The summed E-state index contributed by atoms with van der Waals surface area (Å²) in [6, 6.07) is 4.67. The molecule has 1 aromatic rings. The number of hydrogen-bond donors (Lipinski definition) is 1. The lowest BCUT2D eigenvalue weighted by atomic mass is 10.1. The summed E-state index contributed by atoms with van der Waals surface area (Å²) in [6.45, 7) is 5.94. The van der Waals surface area contributed by atoms with Crippen LogP contribution in [0.4, 0.5) is 10.1 Å². The average Bonchev–Trinajstić information content (AvgIpc) is 2.76. The first-order valence-corrected chi connectivity index (χ1v) is 6.75. The van der Waals surface area contributed by atoms with Crippen LogP contribution in [0.3, 0.4) is 0 Å². The van der Waals surface area contributed by atoms with Crippen molar-refractivity contribution in [2.45, 2.75) is 33.2 Å². The van der Waals surface area contributed by atoms with Gasteiger partial charge < -0.3 is 10.2 Å². The smallest absolute Gasteiger partial charge is 0.229 e. The van der Waals surface area contributed by atoms with Crippen molar-refractivity contribution >= 4 is 17.5 Å². The maximum atomic E-state index is 13.4. The number of amides is 2. The molecule has 5 heteroatoms. The zero-order valence-corrected chi connectivity index (χ0v) is 11.9. The predicted octanol–water partition coefficient (Wildman–Crippen LogP) is 2.33. The number of carbonyl (C=O) groups is 2. The van der Waals surface area contributed by atoms with E-state index in [9.17, 15) is 14.0 Å². The molecule has 0 aromatic heterocycles. The first-order chi connectivity index (χ1) is 9.38. The molecule has 108 valence electrons. The Labute approximate surface area is 118 Å². The second kappa shape index (κ2) is 5.61. The van der Waals surface area contributed by atoms with Crippen LogP contribution < -0.4 is 5.32 Å². The van der Waals surface area contributed by atoms with Crippen LogP contribution >= 0.6 is 0 Å². The highest BCUT2D eigenvalue weighted by Crippen LogP contribution is 2.22. The lowest BCUT2D eigenvalue weighted by molar-refractivity contribution is -0.129. The summed E-state index contributed by atoms with van der Waals surface area (Å²) in [6.07, 6.45) is 0.221. The van der Waals surface area contributed by atoms with E-state index in [1.54, 1.807) is 24.0 Å². The van der Waals surface area contributed by atoms with Gasteiger partial charge in [-0.1, -0.05) is 6.07 Å². The van der Waals surface area contributed by atoms with Crippen molar-refractivity contribution in [1.82, 2.24) is 4.90 Å². The molecule has 0 radical (unpaired) electrons. The van der Waals surface area contributed by atoms with E-state index in [0.717, 1.165) is 0 Å². The minimum atomic E-state index is -0.366. The second-order valence-corrected chi connectivity index (χ2v) is 5.49. The molecule has 1 aromatic carbocycles. The molecule has 1 saturated heterocycles. The van der Waals surface area contributed by atoms with E-state index in [-0.39, 0.29) is 36.0 Å². The number of nitrogens with zero attached hydrogens (tertiary/aromatic N) is 1. The standard InChI is InChI=1S/C15H19FN2O2/c1-9(2)18-8-11(6-14(18)19)15(20)17-12-5-4-10(3)13(16)7-12/h4-5,7,9,11H,6,8H2,1-3H3,(H,17,20). The minimum absolute atomic E-state index is 0.00441. The molecule has 1 aliphatic heterocycles. The van der Waals surface area contributed by atoms with E-state index in [2.05, 4.69) is 5.32 Å². The van der Waals surface area contributed by atoms with Gasteiger partial charge in [-0.15, -0.1) is 0 Å². The van der Waals surface area contributed by atoms with Gasteiger partial charge in [0.25, 0.3) is 0 Å². The summed E-state index contributed by atoms with van der Waals surface area (Å²) in [5.41, 5.74) is 0.957. The highest BCUT2D eigenvalue weighted by molar-refractivity contribution is 5.97. The van der Waals surface area contributed by atoms with Crippen LogP contribution in [-0.4, -0.2) is 29.3 Å². The fourth-order valence-corrected chi connectivity index (χ4v) is 2.32. The van der Waals surface area contributed by atoms with Crippen LogP contribution in [0.5, 0.6) is 0 Å². The maximum absolute atomic E-state index is 13.4. The third kappa shape index (κ3) is 2.98. The number of likely N-dealkylation sites (tertiary alicyclic amines) is 1. The highest BCUT2D eigenvalue weighted by atomic mass is 19.1. The van der Waals surface area contributed by atoms with Crippen molar-refractivity contribution in [3.05, 3.63) is 29.6 Å². The van der Waals surface area contributed by atoms with Crippen molar-refractivity contribution in [2.75, 3.05) is 11.9 Å². The molecule has 1 N–H and O–H groups in total. The van der Waals surface area contributed by atoms with Crippen molar-refractivity contribution in [3.8, 4) is 0 Å². The molecule has 1 aliphatic rings. The molecule has 0 bridgehead atoms. The molecular formula is C15H19FN2O2. The molecule has 1 fully saturated rings. The zero-order valence-electron chi connectivity index (χ0n) is 11.9. The van der Waals surface area contributed by atoms with Crippen LogP contribution in [-0.2, 0) is 9.59 Å². The second-order valence-electron chi connectivity index (χ2n) is 5.49. The highest BCUT2D eigenvalue weighted by Gasteiger charge is 2.35. The van der Waals surface area contributed by atoms with Gasteiger partial charge in [-0.3, -0.25) is 9.59 Å². The van der Waals surface area contributed by atoms with Gasteiger partial charge >= 0.3 is 0 Å². The number of carbonyl (C=O) groups excluding carboxylic acids is 2. The first-order valence-electron chi connectivity index (χ1n) is 6.75. The predicted molar refractivity (Wildman–Crippen MR) is 74.7 cm³/mol. The van der Waals surface area contributed by atoms with Crippen LogP contribution in [0.25, 0.3) is 0 Å². The molecular weight excluding hydrogens is 259 g/mol. The lowest BCUT2D eigenvalue weighted by Gasteiger charge is -2.20. The number of aryl methyl sites for hydroxylation is 1. The fraction of sp³-hybridized carbons (Fsp3) is 0.467. The molecule has 0 aliphatic carbocycles. The molecule has 20 heavy (non-hydrogen) atoms. The Kier molecular flexibility index (Phi) is 4.06. The average molecular weight is 278 g/mol. The van der Waals surface area contributed by atoms with Crippen molar-refractivity contribution < 1.29 is 14.0 Å². The molecule has 1 atom stereocenters. The number of nitrogens with one attached hydrogen (secondary N) is 1. The third-order valence-corrected chi connectivity index (χ3v) is 3.59. The van der Waals surface area contributed by atoms with Gasteiger partial charge in [0.1, 0.15) is 5.82 Å². The van der Waals surface area contributed by atoms with E-state index in [1.165, 1.54) is 6.07 Å². The van der Waals surface area contributed by atoms with Gasteiger partial charge in [-0.2, -0.15) is 0 Å².